The van der Waals surface area contributed by atoms with Gasteiger partial charge in [-0.1, -0.05) is 12.1 Å². The van der Waals surface area contributed by atoms with Crippen LogP contribution in [0, 0.1) is 0 Å². The van der Waals surface area contributed by atoms with Gasteiger partial charge in [0.25, 0.3) is 0 Å². The Labute approximate surface area is 146 Å². The molecule has 0 radical (unpaired) electrons. The smallest absolute Gasteiger partial charge is 0.405 e. The molecule has 0 saturated heterocycles. The lowest BCUT2D eigenvalue weighted by atomic mass is 10.1. The first-order valence-electron chi connectivity index (χ1n) is 7.57. The SMILES string of the molecule is CC(C)OC(=O)c1cccc(-c2nnn(CC(=O)NCC(F)(F)F)n2)c1. The monoisotopic (exact) mass is 371 g/mol. The van der Waals surface area contributed by atoms with Crippen LogP contribution in [0.15, 0.2) is 24.3 Å². The summed E-state index contributed by atoms with van der Waals surface area (Å²) in [4.78, 5) is 24.2. The van der Waals surface area contributed by atoms with Crippen molar-refractivity contribution in [3.63, 3.8) is 0 Å². The van der Waals surface area contributed by atoms with Gasteiger partial charge in [-0.2, -0.15) is 18.0 Å². The number of nitrogens with one attached hydrogen (secondary N) is 1. The number of carbonyl (C=O) groups excluding carboxylic acids is 2. The topological polar surface area (TPSA) is 99.0 Å². The van der Waals surface area contributed by atoms with Crippen molar-refractivity contribution in [2.24, 2.45) is 0 Å². The molecule has 11 heteroatoms. The Balaban J connectivity index is 2.05. The van der Waals surface area contributed by atoms with E-state index in [9.17, 15) is 22.8 Å². The van der Waals surface area contributed by atoms with Crippen molar-refractivity contribution >= 4 is 11.9 Å². The van der Waals surface area contributed by atoms with Gasteiger partial charge >= 0.3 is 12.1 Å². The van der Waals surface area contributed by atoms with Gasteiger partial charge in [0.05, 0.1) is 11.7 Å². The Hall–Kier alpha value is -2.98. The van der Waals surface area contributed by atoms with Crippen molar-refractivity contribution in [1.82, 2.24) is 25.5 Å². The van der Waals surface area contributed by atoms with E-state index in [1.165, 1.54) is 6.07 Å². The van der Waals surface area contributed by atoms with Crippen molar-refractivity contribution in [2.45, 2.75) is 32.7 Å². The van der Waals surface area contributed by atoms with E-state index in [0.717, 1.165) is 4.80 Å². The molecule has 0 atom stereocenters. The van der Waals surface area contributed by atoms with E-state index < -0.39 is 31.1 Å². The summed E-state index contributed by atoms with van der Waals surface area (Å²) >= 11 is 0. The third kappa shape index (κ3) is 5.83. The molecule has 2 rings (SSSR count). The first kappa shape index (κ1) is 19.3. The van der Waals surface area contributed by atoms with Gasteiger partial charge in [0, 0.05) is 5.56 Å². The molecule has 0 aliphatic rings. The molecular weight excluding hydrogens is 355 g/mol. The predicted molar refractivity (Wildman–Crippen MR) is 82.9 cm³/mol. The zero-order valence-electron chi connectivity index (χ0n) is 13.9. The third-order valence-electron chi connectivity index (χ3n) is 2.92. The van der Waals surface area contributed by atoms with E-state index in [2.05, 4.69) is 15.4 Å². The number of benzene rings is 1. The largest absolute Gasteiger partial charge is 0.459 e. The van der Waals surface area contributed by atoms with Crippen LogP contribution < -0.4 is 5.32 Å². The molecule has 0 aliphatic carbocycles. The van der Waals surface area contributed by atoms with Crippen molar-refractivity contribution in [1.29, 1.82) is 0 Å². The van der Waals surface area contributed by atoms with E-state index in [-0.39, 0.29) is 17.5 Å². The van der Waals surface area contributed by atoms with Crippen molar-refractivity contribution < 1.29 is 27.5 Å². The summed E-state index contributed by atoms with van der Waals surface area (Å²) in [6.07, 6.45) is -4.78. The molecule has 0 bridgehead atoms. The molecule has 0 saturated carbocycles. The number of alkyl halides is 3. The van der Waals surface area contributed by atoms with E-state index >= 15 is 0 Å². The van der Waals surface area contributed by atoms with Gasteiger partial charge in [0.15, 0.2) is 0 Å². The highest BCUT2D eigenvalue weighted by molar-refractivity contribution is 5.90. The number of ether oxygens (including phenoxy) is 1. The molecule has 0 spiro atoms. The second-order valence-corrected chi connectivity index (χ2v) is 5.57. The second-order valence-electron chi connectivity index (χ2n) is 5.57. The number of rotatable bonds is 6. The van der Waals surface area contributed by atoms with Crippen LogP contribution in [0.4, 0.5) is 13.2 Å². The Morgan fingerprint density at radius 1 is 1.31 bits per heavy atom. The van der Waals surface area contributed by atoms with Gasteiger partial charge in [-0.15, -0.1) is 10.2 Å². The van der Waals surface area contributed by atoms with Crippen LogP contribution >= 0.6 is 0 Å². The number of esters is 1. The van der Waals surface area contributed by atoms with Gasteiger partial charge < -0.3 is 10.1 Å². The maximum absolute atomic E-state index is 12.1. The van der Waals surface area contributed by atoms with Crippen molar-refractivity contribution in [2.75, 3.05) is 6.54 Å². The average Bonchev–Trinajstić information content (AvgIpc) is 3.00. The van der Waals surface area contributed by atoms with Crippen molar-refractivity contribution in [3.05, 3.63) is 29.8 Å². The highest BCUT2D eigenvalue weighted by Gasteiger charge is 2.27. The summed E-state index contributed by atoms with van der Waals surface area (Å²) in [7, 11) is 0. The number of hydrogen-bond acceptors (Lipinski definition) is 6. The highest BCUT2D eigenvalue weighted by Crippen LogP contribution is 2.16. The molecule has 1 aromatic carbocycles. The fourth-order valence-electron chi connectivity index (χ4n) is 1.88. The standard InChI is InChI=1S/C15H16F3N5O3/c1-9(2)26-14(25)11-5-3-4-10(6-11)13-20-22-23(21-13)7-12(24)19-8-15(16,17)18/h3-6,9H,7-8H2,1-2H3,(H,19,24). The summed E-state index contributed by atoms with van der Waals surface area (Å²) < 4.78 is 41.3. The molecule has 26 heavy (non-hydrogen) atoms. The Kier molecular flexibility index (Phi) is 5.90. The first-order chi connectivity index (χ1) is 12.1. The minimum atomic E-state index is -4.50. The zero-order chi connectivity index (χ0) is 19.3. The highest BCUT2D eigenvalue weighted by atomic mass is 19.4. The first-order valence-corrected chi connectivity index (χ1v) is 7.57. The summed E-state index contributed by atoms with van der Waals surface area (Å²) in [5, 5.41) is 13.0. The van der Waals surface area contributed by atoms with E-state index in [1.807, 2.05) is 0 Å². The van der Waals surface area contributed by atoms with Gasteiger partial charge in [0.1, 0.15) is 13.1 Å². The molecule has 0 fully saturated rings. The normalized spacial score (nSPS) is 11.5. The predicted octanol–water partition coefficient (Wildman–Crippen LogP) is 1.58. The fourth-order valence-corrected chi connectivity index (χ4v) is 1.88. The van der Waals surface area contributed by atoms with Crippen LogP contribution in [-0.4, -0.2) is 50.9 Å². The molecule has 2 aromatic rings. The summed E-state index contributed by atoms with van der Waals surface area (Å²) in [5.41, 5.74) is 0.737. The molecule has 8 nitrogen and oxygen atoms in total. The number of halogens is 3. The minimum absolute atomic E-state index is 0.118. The maximum Gasteiger partial charge on any atom is 0.405 e. The molecule has 140 valence electrons. The number of nitrogens with zero attached hydrogens (tertiary/aromatic N) is 4. The lowest BCUT2D eigenvalue weighted by Gasteiger charge is -2.08. The summed E-state index contributed by atoms with van der Waals surface area (Å²) in [5.74, 6) is -1.30. The lowest BCUT2D eigenvalue weighted by molar-refractivity contribution is -0.139. The third-order valence-corrected chi connectivity index (χ3v) is 2.92. The fraction of sp³-hybridized carbons (Fsp3) is 0.400. The molecule has 0 unspecified atom stereocenters. The number of carbonyl (C=O) groups is 2. The molecule has 1 amide bonds. The number of tetrazole rings is 1. The molecule has 1 aromatic heterocycles. The van der Waals surface area contributed by atoms with Crippen LogP contribution in [0.2, 0.25) is 0 Å². The van der Waals surface area contributed by atoms with Crippen LogP contribution in [0.1, 0.15) is 24.2 Å². The lowest BCUT2D eigenvalue weighted by Crippen LogP contribution is -2.36. The van der Waals surface area contributed by atoms with Crippen LogP contribution in [0.3, 0.4) is 0 Å². The molecular formula is C15H16F3N5O3. The zero-order valence-corrected chi connectivity index (χ0v) is 13.9. The number of amides is 1. The second kappa shape index (κ2) is 7.93. The van der Waals surface area contributed by atoms with Crippen LogP contribution in [-0.2, 0) is 16.1 Å². The summed E-state index contributed by atoms with van der Waals surface area (Å²) in [6.45, 7) is 1.49. The number of hydrogen-bond donors (Lipinski definition) is 1. The van der Waals surface area contributed by atoms with Crippen LogP contribution in [0.5, 0.6) is 0 Å². The quantitative estimate of drug-likeness (QED) is 0.774. The Morgan fingerprint density at radius 3 is 2.69 bits per heavy atom. The van der Waals surface area contributed by atoms with Gasteiger partial charge in [-0.05, 0) is 31.2 Å². The van der Waals surface area contributed by atoms with Crippen molar-refractivity contribution in [3.8, 4) is 11.4 Å². The van der Waals surface area contributed by atoms with E-state index in [1.54, 1.807) is 37.4 Å². The summed E-state index contributed by atoms with van der Waals surface area (Å²) in [6, 6.07) is 6.28. The van der Waals surface area contributed by atoms with Crippen LogP contribution in [0.25, 0.3) is 11.4 Å². The average molecular weight is 371 g/mol. The van der Waals surface area contributed by atoms with Gasteiger partial charge in [-0.25, -0.2) is 4.79 Å². The van der Waals surface area contributed by atoms with E-state index in [4.69, 9.17) is 4.74 Å². The van der Waals surface area contributed by atoms with Gasteiger partial charge in [-0.3, -0.25) is 4.79 Å². The van der Waals surface area contributed by atoms with E-state index in [0.29, 0.717) is 5.56 Å². The Morgan fingerprint density at radius 2 is 2.04 bits per heavy atom. The number of aromatic nitrogens is 4. The molecule has 1 heterocycles. The Bertz CT molecular complexity index is 789. The molecule has 1 N–H and O–H groups in total. The molecule has 0 aliphatic heterocycles. The van der Waals surface area contributed by atoms with Gasteiger partial charge in [0.2, 0.25) is 11.7 Å². The maximum atomic E-state index is 12.1. The minimum Gasteiger partial charge on any atom is -0.459 e.